The maximum absolute atomic E-state index is 12.4. The van der Waals surface area contributed by atoms with E-state index in [0.29, 0.717) is 16.9 Å². The highest BCUT2D eigenvalue weighted by atomic mass is 16.2. The quantitative estimate of drug-likeness (QED) is 0.742. The topological polar surface area (TPSA) is 100 Å². The number of nitrogens with zero attached hydrogens (tertiary/aromatic N) is 1. The number of carbonyl (C=O) groups is 3. The van der Waals surface area contributed by atoms with Crippen LogP contribution in [-0.4, -0.2) is 28.7 Å². The summed E-state index contributed by atoms with van der Waals surface area (Å²) >= 11 is 0. The lowest BCUT2D eigenvalue weighted by Crippen LogP contribution is -2.32. The Hall–Kier alpha value is -3.22. The number of rotatable bonds is 6. The number of hydrogen-bond acceptors (Lipinski definition) is 4. The second-order valence-electron chi connectivity index (χ2n) is 5.96. The molecule has 1 aromatic carbocycles. The summed E-state index contributed by atoms with van der Waals surface area (Å²) in [7, 11) is 0. The van der Waals surface area contributed by atoms with Crippen molar-refractivity contribution in [1.82, 2.24) is 10.3 Å². The Balaban J connectivity index is 2.06. The van der Waals surface area contributed by atoms with Gasteiger partial charge in [-0.2, -0.15) is 0 Å². The van der Waals surface area contributed by atoms with Crippen LogP contribution in [0.1, 0.15) is 47.9 Å². The number of amides is 3. The molecule has 3 N–H and O–H groups in total. The second kappa shape index (κ2) is 8.75. The predicted octanol–water partition coefficient (Wildman–Crippen LogP) is 2.82. The molecule has 0 aliphatic heterocycles. The molecule has 0 fully saturated rings. The third-order valence-corrected chi connectivity index (χ3v) is 3.72. The summed E-state index contributed by atoms with van der Waals surface area (Å²) < 4.78 is 0. The molecule has 2 rings (SSSR count). The van der Waals surface area contributed by atoms with Crippen LogP contribution in [0.15, 0.2) is 42.7 Å². The van der Waals surface area contributed by atoms with Crippen LogP contribution >= 0.6 is 0 Å². The van der Waals surface area contributed by atoms with Gasteiger partial charge in [-0.15, -0.1) is 0 Å². The van der Waals surface area contributed by atoms with Gasteiger partial charge in [0.05, 0.1) is 11.1 Å². The number of aromatic nitrogens is 1. The Kier molecular flexibility index (Phi) is 6.43. The lowest BCUT2D eigenvalue weighted by atomic mass is 10.1. The monoisotopic (exact) mass is 354 g/mol. The van der Waals surface area contributed by atoms with Crippen molar-refractivity contribution in [3.63, 3.8) is 0 Å². The number of pyridine rings is 1. The van der Waals surface area contributed by atoms with E-state index in [-0.39, 0.29) is 29.3 Å². The molecule has 0 radical (unpaired) electrons. The van der Waals surface area contributed by atoms with Gasteiger partial charge < -0.3 is 16.0 Å². The highest BCUT2D eigenvalue weighted by Crippen LogP contribution is 2.15. The van der Waals surface area contributed by atoms with Gasteiger partial charge in [0.1, 0.15) is 0 Å². The molecular weight excluding hydrogens is 332 g/mol. The molecule has 26 heavy (non-hydrogen) atoms. The van der Waals surface area contributed by atoms with Gasteiger partial charge in [-0.3, -0.25) is 19.4 Å². The van der Waals surface area contributed by atoms with Gasteiger partial charge in [0, 0.05) is 36.7 Å². The molecule has 0 bridgehead atoms. The third kappa shape index (κ3) is 5.41. The highest BCUT2D eigenvalue weighted by molar-refractivity contribution is 6.06. The molecule has 136 valence electrons. The molecular formula is C19H22N4O3. The number of hydrogen-bond donors (Lipinski definition) is 3. The van der Waals surface area contributed by atoms with Crippen LogP contribution < -0.4 is 16.0 Å². The van der Waals surface area contributed by atoms with Crippen molar-refractivity contribution in [2.24, 2.45) is 0 Å². The first kappa shape index (κ1) is 19.1. The first-order valence-corrected chi connectivity index (χ1v) is 8.34. The van der Waals surface area contributed by atoms with Crippen LogP contribution in [0.25, 0.3) is 0 Å². The van der Waals surface area contributed by atoms with Crippen molar-refractivity contribution in [2.45, 2.75) is 33.2 Å². The van der Waals surface area contributed by atoms with Crippen LogP contribution in [0.5, 0.6) is 0 Å². The van der Waals surface area contributed by atoms with Crippen molar-refractivity contribution in [2.75, 3.05) is 10.6 Å². The third-order valence-electron chi connectivity index (χ3n) is 3.72. The first-order chi connectivity index (χ1) is 12.4. The van der Waals surface area contributed by atoms with Gasteiger partial charge in [-0.1, -0.05) is 6.92 Å². The van der Waals surface area contributed by atoms with E-state index in [1.54, 1.807) is 24.3 Å². The molecule has 3 amide bonds. The summed E-state index contributed by atoms with van der Waals surface area (Å²) in [6, 6.07) is 8.27. The van der Waals surface area contributed by atoms with E-state index in [0.717, 1.165) is 6.42 Å². The zero-order valence-corrected chi connectivity index (χ0v) is 15.0. The zero-order valence-electron chi connectivity index (χ0n) is 15.0. The molecule has 2 aromatic rings. The van der Waals surface area contributed by atoms with E-state index in [4.69, 9.17) is 0 Å². The molecule has 7 heteroatoms. The van der Waals surface area contributed by atoms with Crippen LogP contribution in [-0.2, 0) is 4.79 Å². The molecule has 0 spiro atoms. The van der Waals surface area contributed by atoms with Gasteiger partial charge in [-0.25, -0.2) is 0 Å². The largest absolute Gasteiger partial charge is 0.350 e. The fourth-order valence-corrected chi connectivity index (χ4v) is 2.14. The summed E-state index contributed by atoms with van der Waals surface area (Å²) in [5.74, 6) is -0.801. The van der Waals surface area contributed by atoms with E-state index in [1.807, 2.05) is 13.8 Å². The molecule has 0 saturated heterocycles. The Labute approximate surface area is 152 Å². The number of benzene rings is 1. The van der Waals surface area contributed by atoms with E-state index in [9.17, 15) is 14.4 Å². The number of nitrogens with one attached hydrogen (secondary N) is 3. The molecule has 1 atom stereocenters. The van der Waals surface area contributed by atoms with Crippen molar-refractivity contribution < 1.29 is 14.4 Å². The summed E-state index contributed by atoms with van der Waals surface area (Å²) in [5.41, 5.74) is 1.83. The molecule has 1 aromatic heterocycles. The van der Waals surface area contributed by atoms with Gasteiger partial charge in [0.2, 0.25) is 5.91 Å². The first-order valence-electron chi connectivity index (χ1n) is 8.34. The minimum absolute atomic E-state index is 0.0436. The van der Waals surface area contributed by atoms with E-state index in [1.165, 1.54) is 25.4 Å². The Bertz CT molecular complexity index is 803. The minimum atomic E-state index is -0.372. The van der Waals surface area contributed by atoms with Crippen LogP contribution in [0.3, 0.4) is 0 Å². The average molecular weight is 354 g/mol. The minimum Gasteiger partial charge on any atom is -0.350 e. The van der Waals surface area contributed by atoms with Crippen LogP contribution in [0.4, 0.5) is 11.4 Å². The smallest absolute Gasteiger partial charge is 0.257 e. The average Bonchev–Trinajstić information content (AvgIpc) is 2.62. The van der Waals surface area contributed by atoms with Gasteiger partial charge in [0.25, 0.3) is 11.8 Å². The Morgan fingerprint density at radius 2 is 1.50 bits per heavy atom. The molecule has 1 heterocycles. The van der Waals surface area contributed by atoms with E-state index < -0.39 is 0 Å². The normalized spacial score (nSPS) is 11.3. The molecule has 1 unspecified atom stereocenters. The molecule has 0 aliphatic rings. The fourth-order valence-electron chi connectivity index (χ4n) is 2.14. The predicted molar refractivity (Wildman–Crippen MR) is 100 cm³/mol. The lowest BCUT2D eigenvalue weighted by molar-refractivity contribution is -0.114. The Morgan fingerprint density at radius 3 is 2.04 bits per heavy atom. The van der Waals surface area contributed by atoms with Crippen LogP contribution in [0, 0.1) is 0 Å². The standard InChI is InChI=1S/C19H22N4O3/c1-4-12(2)21-18(25)14-9-15(11-20-10-14)19(26)23-17-7-5-16(6-8-17)22-13(3)24/h5-12H,4H2,1-3H3,(H,21,25)(H,22,24)(H,23,26). The second-order valence-corrected chi connectivity index (χ2v) is 5.96. The summed E-state index contributed by atoms with van der Waals surface area (Å²) in [4.78, 5) is 39.5. The number of anilines is 2. The van der Waals surface area contributed by atoms with Crippen molar-refractivity contribution >= 4 is 29.1 Å². The van der Waals surface area contributed by atoms with Gasteiger partial charge in [-0.05, 0) is 43.7 Å². The summed E-state index contributed by atoms with van der Waals surface area (Å²) in [6.45, 7) is 5.31. The molecule has 0 aliphatic carbocycles. The van der Waals surface area contributed by atoms with Crippen LogP contribution in [0.2, 0.25) is 0 Å². The van der Waals surface area contributed by atoms with Gasteiger partial charge in [0.15, 0.2) is 0 Å². The lowest BCUT2D eigenvalue weighted by Gasteiger charge is -2.12. The van der Waals surface area contributed by atoms with E-state index >= 15 is 0 Å². The summed E-state index contributed by atoms with van der Waals surface area (Å²) in [5, 5.41) is 8.22. The van der Waals surface area contributed by atoms with Crippen molar-refractivity contribution in [3.8, 4) is 0 Å². The zero-order chi connectivity index (χ0) is 19.1. The number of carbonyl (C=O) groups excluding carboxylic acids is 3. The van der Waals surface area contributed by atoms with Crippen molar-refractivity contribution in [1.29, 1.82) is 0 Å². The molecule has 7 nitrogen and oxygen atoms in total. The van der Waals surface area contributed by atoms with Crippen molar-refractivity contribution in [3.05, 3.63) is 53.9 Å². The molecule has 0 saturated carbocycles. The maximum Gasteiger partial charge on any atom is 0.257 e. The highest BCUT2D eigenvalue weighted by Gasteiger charge is 2.13. The SMILES string of the molecule is CCC(C)NC(=O)c1cncc(C(=O)Nc2ccc(NC(C)=O)cc2)c1. The van der Waals surface area contributed by atoms with Gasteiger partial charge >= 0.3 is 0 Å². The van der Waals surface area contributed by atoms with E-state index in [2.05, 4.69) is 20.9 Å². The fraction of sp³-hybridized carbons (Fsp3) is 0.263. The maximum atomic E-state index is 12.4. The Morgan fingerprint density at radius 1 is 0.962 bits per heavy atom. The summed E-state index contributed by atoms with van der Waals surface area (Å²) in [6.07, 6.45) is 3.64.